The van der Waals surface area contributed by atoms with Crippen molar-refractivity contribution in [1.29, 1.82) is 0 Å². The summed E-state index contributed by atoms with van der Waals surface area (Å²) in [6.07, 6.45) is 6.67. The first-order chi connectivity index (χ1) is 11.6. The maximum Gasteiger partial charge on any atom is 0 e. The van der Waals surface area contributed by atoms with E-state index in [-0.39, 0.29) is 17.1 Å². The maximum atomic E-state index is 11.8. The van der Waals surface area contributed by atoms with Crippen LogP contribution in [0.2, 0.25) is 0 Å². The number of benzene rings is 1. The summed E-state index contributed by atoms with van der Waals surface area (Å²) in [6, 6.07) is 7.58. The van der Waals surface area contributed by atoms with E-state index in [1.54, 1.807) is 29.7 Å². The summed E-state index contributed by atoms with van der Waals surface area (Å²) >= 11 is 0. The van der Waals surface area contributed by atoms with E-state index in [0.717, 1.165) is 10.5 Å². The Morgan fingerprint density at radius 3 is 2.04 bits per heavy atom. The van der Waals surface area contributed by atoms with Gasteiger partial charge in [0, 0.05) is 27.4 Å². The average molecular weight is 402 g/mol. The first kappa shape index (κ1) is 31.1. The van der Waals surface area contributed by atoms with Crippen LogP contribution in [0.4, 0.5) is 0 Å². The monoisotopic (exact) mass is 402 g/mol. The van der Waals surface area contributed by atoms with Gasteiger partial charge in [0.2, 0.25) is 0 Å². The van der Waals surface area contributed by atoms with Gasteiger partial charge in [-0.1, -0.05) is 42.0 Å². The molecule has 0 aliphatic heterocycles. The fourth-order valence-corrected chi connectivity index (χ4v) is 2.10. The Bertz CT molecular complexity index is 571. The molecule has 0 unspecified atom stereocenters. The zero-order valence-electron chi connectivity index (χ0n) is 13.5. The van der Waals surface area contributed by atoms with Crippen LogP contribution in [0.5, 0.6) is 0 Å². The number of rotatable bonds is 6. The third-order valence-corrected chi connectivity index (χ3v) is 3.45. The van der Waals surface area contributed by atoms with Gasteiger partial charge in [-0.2, -0.15) is 0 Å². The molecule has 1 rings (SSSR count). The van der Waals surface area contributed by atoms with Gasteiger partial charge in [0.15, 0.2) is 0 Å². The van der Waals surface area contributed by atoms with E-state index in [0.29, 0.717) is 6.42 Å². The fourth-order valence-electron chi connectivity index (χ4n) is 1.31. The second-order valence-electron chi connectivity index (χ2n) is 3.92. The van der Waals surface area contributed by atoms with Crippen molar-refractivity contribution in [2.24, 2.45) is 0 Å². The predicted molar refractivity (Wildman–Crippen MR) is 88.5 cm³/mol. The molecule has 0 amide bonds. The molecule has 0 aliphatic rings. The molecular weight excluding hydrogens is 384 g/mol. The second-order valence-corrected chi connectivity index (χ2v) is 5.25. The Balaban J connectivity index is -0.000000284. The van der Waals surface area contributed by atoms with Crippen molar-refractivity contribution in [3.63, 3.8) is 0 Å². The van der Waals surface area contributed by atoms with Crippen LogP contribution in [0.25, 0.3) is 0 Å². The number of hydrogen-bond donors (Lipinski definition) is 1. The van der Waals surface area contributed by atoms with Gasteiger partial charge in [-0.25, -0.2) is 4.21 Å². The average Bonchev–Trinajstić information content (AvgIpc) is 2.64. The molecule has 25 heavy (non-hydrogen) atoms. The van der Waals surface area contributed by atoms with Gasteiger partial charge in [-0.05, 0) is 25.5 Å². The number of aliphatic hydroxyl groups excluding tert-OH is 1. The third-order valence-electron chi connectivity index (χ3n) is 2.31. The smallest absolute Gasteiger partial charge is 0 e. The molecule has 1 aromatic carbocycles. The number of allylic oxidation sites excluding steroid dienone is 2. The fraction of sp³-hybridized carbons (Fsp3) is 0.167. The largest absolute Gasteiger partial charge is 0 e. The Morgan fingerprint density at radius 2 is 1.60 bits per heavy atom. The normalized spacial score (nSPS) is 11.0. The Kier molecular flexibility index (Phi) is 30.5. The van der Waals surface area contributed by atoms with Gasteiger partial charge < -0.3 is 5.11 Å². The zero-order valence-corrected chi connectivity index (χ0v) is 15.5. The minimum Gasteiger partial charge on any atom is 0 e. The topological polar surface area (TPSA) is 97.0 Å². The van der Waals surface area contributed by atoms with E-state index in [2.05, 4.69) is 26.5 Å². The Morgan fingerprint density at radius 1 is 1.12 bits per heavy atom. The molecule has 0 heterocycles. The molecule has 0 bridgehead atoms. The molecule has 0 aromatic heterocycles. The predicted octanol–water partition coefficient (Wildman–Crippen LogP) is 2.99. The minimum atomic E-state index is -1.14. The van der Waals surface area contributed by atoms with E-state index in [4.69, 9.17) is 14.0 Å². The summed E-state index contributed by atoms with van der Waals surface area (Å²) < 4.78 is 34.3. The van der Waals surface area contributed by atoms with Crippen molar-refractivity contribution in [1.82, 2.24) is 0 Å². The van der Waals surface area contributed by atoms with Gasteiger partial charge in [-0.3, -0.25) is 0 Å². The quantitative estimate of drug-likeness (QED) is 0.260. The van der Waals surface area contributed by atoms with Crippen LogP contribution in [0.3, 0.4) is 0 Å². The Hall–Kier alpha value is -1.71. The molecule has 0 saturated heterocycles. The van der Waals surface area contributed by atoms with Crippen LogP contribution in [0.1, 0.15) is 12.0 Å². The van der Waals surface area contributed by atoms with E-state index in [1.807, 2.05) is 31.2 Å². The van der Waals surface area contributed by atoms with Crippen molar-refractivity contribution in [2.75, 3.05) is 0 Å². The minimum absolute atomic E-state index is 0. The number of aryl methyl sites for hydroxylation is 1. The molecule has 0 fully saturated rings. The molecule has 1 aromatic rings. The van der Waals surface area contributed by atoms with Gasteiger partial charge in [0.1, 0.15) is 0 Å². The SMILES string of the molecule is C=CC[C@@H](O)/C=C/C=C\[S@@](=O)c1ccc(C)cc1.[C-]#[O+].[C-]#[O+].[C-]#[O+].[Fe]. The van der Waals surface area contributed by atoms with Crippen LogP contribution in [-0.4, -0.2) is 15.4 Å². The van der Waals surface area contributed by atoms with E-state index in [1.165, 1.54) is 0 Å². The van der Waals surface area contributed by atoms with E-state index in [9.17, 15) is 9.32 Å². The van der Waals surface area contributed by atoms with Crippen molar-refractivity contribution >= 4 is 10.8 Å². The second kappa shape index (κ2) is 24.5. The van der Waals surface area contributed by atoms with Crippen molar-refractivity contribution < 1.29 is 40.3 Å². The zero-order chi connectivity index (χ0) is 19.4. The standard InChI is InChI=1S/C15H18O2S.3CO.Fe/c1-3-6-14(16)7-4-5-12-18(17)15-10-8-13(2)9-11-15;3*1-2;/h3-5,7-12,14,16H,1,6H2,2H3;;;;/b7-4+,12-5-;;;;/t14-,18-;;;;/m1..../s1. The van der Waals surface area contributed by atoms with Crippen LogP contribution in [-0.2, 0) is 41.8 Å². The van der Waals surface area contributed by atoms with Gasteiger partial charge in [0.25, 0.3) is 0 Å². The van der Waals surface area contributed by atoms with E-state index >= 15 is 0 Å². The van der Waals surface area contributed by atoms with Crippen LogP contribution in [0, 0.1) is 26.9 Å². The van der Waals surface area contributed by atoms with Crippen LogP contribution < -0.4 is 0 Å². The number of aliphatic hydroxyl groups is 1. The molecule has 134 valence electrons. The third kappa shape index (κ3) is 18.5. The molecule has 0 spiro atoms. The number of hydrogen-bond acceptors (Lipinski definition) is 2. The summed E-state index contributed by atoms with van der Waals surface area (Å²) in [6.45, 7) is 19.0. The molecule has 0 saturated carbocycles. The van der Waals surface area contributed by atoms with Crippen LogP contribution in [0.15, 0.2) is 65.5 Å². The molecular formula is C18H18FeO5S. The van der Waals surface area contributed by atoms with Gasteiger partial charge in [-0.15, -0.1) is 6.58 Å². The first-order valence-corrected chi connectivity index (χ1v) is 7.57. The van der Waals surface area contributed by atoms with Crippen molar-refractivity contribution in [2.45, 2.75) is 24.3 Å². The van der Waals surface area contributed by atoms with Gasteiger partial charge in [0.05, 0.1) is 16.9 Å². The first-order valence-electron chi connectivity index (χ1n) is 6.36. The molecule has 0 aliphatic carbocycles. The summed E-state index contributed by atoms with van der Waals surface area (Å²) in [7, 11) is -1.14. The molecule has 0 radical (unpaired) electrons. The Labute approximate surface area is 161 Å². The van der Waals surface area contributed by atoms with Gasteiger partial charge >= 0.3 is 33.9 Å². The summed E-state index contributed by atoms with van der Waals surface area (Å²) in [5.41, 5.74) is 1.15. The summed E-state index contributed by atoms with van der Waals surface area (Å²) in [5.74, 6) is 0. The molecule has 2 atom stereocenters. The molecule has 5 nitrogen and oxygen atoms in total. The van der Waals surface area contributed by atoms with E-state index < -0.39 is 16.9 Å². The van der Waals surface area contributed by atoms with Crippen LogP contribution >= 0.6 is 0 Å². The molecule has 7 heteroatoms. The summed E-state index contributed by atoms with van der Waals surface area (Å²) in [4.78, 5) is 0.775. The van der Waals surface area contributed by atoms with Crippen molar-refractivity contribution in [3.05, 3.63) is 86.1 Å². The summed E-state index contributed by atoms with van der Waals surface area (Å²) in [5, 5.41) is 11.0. The molecule has 1 N–H and O–H groups in total. The maximum absolute atomic E-state index is 11.8. The van der Waals surface area contributed by atoms with Crippen molar-refractivity contribution in [3.8, 4) is 0 Å².